The lowest BCUT2D eigenvalue weighted by Crippen LogP contribution is -2.86. The van der Waals surface area contributed by atoms with Gasteiger partial charge in [0.15, 0.2) is 5.78 Å². The highest BCUT2D eigenvalue weighted by Crippen LogP contribution is 2.62. The van der Waals surface area contributed by atoms with E-state index in [9.17, 15) is 15.0 Å². The molecule has 2 aliphatic heterocycles. The van der Waals surface area contributed by atoms with Crippen LogP contribution in [0, 0.1) is 11.8 Å². The third kappa shape index (κ3) is 1.23. The van der Waals surface area contributed by atoms with Crippen molar-refractivity contribution in [2.75, 3.05) is 13.1 Å². The lowest BCUT2D eigenvalue weighted by atomic mass is 9.44. The lowest BCUT2D eigenvalue weighted by molar-refractivity contribution is -0.292. The maximum atomic E-state index is 12.7. The van der Waals surface area contributed by atoms with Crippen molar-refractivity contribution >= 4 is 5.78 Å². The molecule has 4 rings (SSSR count). The maximum absolute atomic E-state index is 12.7. The largest absolute Gasteiger partial charge is 0.388 e. The van der Waals surface area contributed by atoms with Gasteiger partial charge in [-0.25, -0.2) is 0 Å². The van der Waals surface area contributed by atoms with Gasteiger partial charge < -0.3 is 10.2 Å². The van der Waals surface area contributed by atoms with E-state index in [0.717, 1.165) is 45.2 Å². The first kappa shape index (κ1) is 13.2. The van der Waals surface area contributed by atoms with Crippen LogP contribution in [0.25, 0.3) is 0 Å². The Morgan fingerprint density at radius 1 is 1.20 bits per heavy atom. The average molecular weight is 279 g/mol. The molecule has 2 heterocycles. The van der Waals surface area contributed by atoms with Crippen molar-refractivity contribution in [2.24, 2.45) is 11.8 Å². The molecule has 0 amide bonds. The van der Waals surface area contributed by atoms with Crippen LogP contribution in [0.15, 0.2) is 0 Å². The minimum absolute atomic E-state index is 0.00863. The molecule has 0 unspecified atom stereocenters. The summed E-state index contributed by atoms with van der Waals surface area (Å²) >= 11 is 0. The number of hydrogen-bond acceptors (Lipinski definition) is 4. The van der Waals surface area contributed by atoms with E-state index in [1.54, 1.807) is 0 Å². The second kappa shape index (κ2) is 3.84. The highest BCUT2D eigenvalue weighted by atomic mass is 16.3. The molecule has 2 saturated carbocycles. The van der Waals surface area contributed by atoms with Gasteiger partial charge in [-0.3, -0.25) is 9.69 Å². The highest BCUT2D eigenvalue weighted by molar-refractivity contribution is 5.91. The Morgan fingerprint density at radius 2 is 1.90 bits per heavy atom. The maximum Gasteiger partial charge on any atom is 0.166 e. The number of carbonyl (C=O) groups is 1. The number of aliphatic hydroxyl groups is 2. The topological polar surface area (TPSA) is 60.8 Å². The van der Waals surface area contributed by atoms with E-state index < -0.39 is 16.7 Å². The van der Waals surface area contributed by atoms with E-state index in [1.807, 2.05) is 0 Å². The molecule has 4 heteroatoms. The van der Waals surface area contributed by atoms with Crippen LogP contribution in [0.2, 0.25) is 0 Å². The summed E-state index contributed by atoms with van der Waals surface area (Å²) in [6.07, 6.45) is 5.18. The highest BCUT2D eigenvalue weighted by Gasteiger charge is 2.75. The first-order valence-corrected chi connectivity index (χ1v) is 8.17. The molecule has 0 aromatic rings. The predicted octanol–water partition coefficient (Wildman–Crippen LogP) is 1.10. The van der Waals surface area contributed by atoms with Crippen LogP contribution in [0.5, 0.6) is 0 Å². The first-order valence-electron chi connectivity index (χ1n) is 8.17. The van der Waals surface area contributed by atoms with E-state index in [4.69, 9.17) is 0 Å². The van der Waals surface area contributed by atoms with Crippen LogP contribution >= 0.6 is 0 Å². The molecule has 112 valence electrons. The van der Waals surface area contributed by atoms with Crippen molar-refractivity contribution in [3.63, 3.8) is 0 Å². The molecule has 2 saturated heterocycles. The van der Waals surface area contributed by atoms with Gasteiger partial charge in [0.2, 0.25) is 0 Å². The Morgan fingerprint density at radius 3 is 2.65 bits per heavy atom. The zero-order valence-electron chi connectivity index (χ0n) is 12.3. The molecule has 2 N–H and O–H groups in total. The van der Waals surface area contributed by atoms with E-state index in [0.29, 0.717) is 18.8 Å². The van der Waals surface area contributed by atoms with E-state index in [1.165, 1.54) is 0 Å². The lowest BCUT2D eigenvalue weighted by Gasteiger charge is -2.71. The fourth-order valence-corrected chi connectivity index (χ4v) is 6.17. The third-order valence-corrected chi connectivity index (χ3v) is 6.79. The zero-order chi connectivity index (χ0) is 14.2. The summed E-state index contributed by atoms with van der Waals surface area (Å²) < 4.78 is 0. The van der Waals surface area contributed by atoms with Gasteiger partial charge in [0.05, 0.1) is 11.1 Å². The SMILES string of the molecule is C[C@@H]1C[C@H]2CC(=O)[C@@]3(O)CCCN4CCC[C@@]2(O)[C@@]43C1. The van der Waals surface area contributed by atoms with Crippen molar-refractivity contribution in [1.82, 2.24) is 4.90 Å². The molecule has 4 fully saturated rings. The van der Waals surface area contributed by atoms with Gasteiger partial charge in [-0.2, -0.15) is 0 Å². The van der Waals surface area contributed by atoms with Crippen molar-refractivity contribution in [1.29, 1.82) is 0 Å². The minimum Gasteiger partial charge on any atom is -0.388 e. The summed E-state index contributed by atoms with van der Waals surface area (Å²) in [5.74, 6) is 0.504. The fraction of sp³-hybridized carbons (Fsp3) is 0.938. The van der Waals surface area contributed by atoms with Crippen molar-refractivity contribution < 1.29 is 15.0 Å². The molecule has 4 nitrogen and oxygen atoms in total. The van der Waals surface area contributed by atoms with E-state index >= 15 is 0 Å². The summed E-state index contributed by atoms with van der Waals surface area (Å²) in [5, 5.41) is 22.8. The molecule has 2 bridgehead atoms. The normalized spacial score (nSPS) is 55.5. The number of carbonyl (C=O) groups excluding carboxylic acids is 1. The average Bonchev–Trinajstić information content (AvgIpc) is 2.38. The Balaban J connectivity index is 1.95. The number of rotatable bonds is 0. The molecule has 0 aromatic carbocycles. The van der Waals surface area contributed by atoms with Gasteiger partial charge in [-0.05, 0) is 63.5 Å². The van der Waals surface area contributed by atoms with Crippen LogP contribution < -0.4 is 0 Å². The second-order valence-corrected chi connectivity index (χ2v) is 7.71. The van der Waals surface area contributed by atoms with Crippen LogP contribution in [0.3, 0.4) is 0 Å². The molecule has 1 spiro atoms. The molecule has 4 aliphatic rings. The molecular formula is C16H25NO3. The van der Waals surface area contributed by atoms with Crippen LogP contribution in [0.4, 0.5) is 0 Å². The first-order chi connectivity index (χ1) is 9.44. The predicted molar refractivity (Wildman–Crippen MR) is 74.2 cm³/mol. The molecular weight excluding hydrogens is 254 g/mol. The van der Waals surface area contributed by atoms with Crippen molar-refractivity contribution in [3.05, 3.63) is 0 Å². The Hall–Kier alpha value is -0.450. The summed E-state index contributed by atoms with van der Waals surface area (Å²) in [6.45, 7) is 4.04. The standard InChI is InChI=1S/C16H25NO3/c1-11-8-12-9-13(18)15(20)5-3-7-17-6-2-4-14(12,19)16(15,17)10-11/h11-12,19-20H,2-10H2,1H3/t11-,12+,14+,15+,16-/m1/s1. The number of nitrogens with zero attached hydrogens (tertiary/aromatic N) is 1. The molecule has 0 radical (unpaired) electrons. The Bertz CT molecular complexity index is 465. The van der Waals surface area contributed by atoms with Crippen molar-refractivity contribution in [2.45, 2.75) is 68.6 Å². The van der Waals surface area contributed by atoms with Crippen LogP contribution in [-0.2, 0) is 4.79 Å². The smallest absolute Gasteiger partial charge is 0.166 e. The number of Topliss-reactive ketones (excluding diaryl/α,β-unsaturated/α-hetero) is 1. The Labute approximate surface area is 120 Å². The molecule has 5 atom stereocenters. The number of piperidine rings is 2. The molecule has 0 aromatic heterocycles. The second-order valence-electron chi connectivity index (χ2n) is 7.71. The summed E-state index contributed by atoms with van der Waals surface area (Å²) in [6, 6.07) is 0. The molecule has 2 aliphatic carbocycles. The monoisotopic (exact) mass is 279 g/mol. The van der Waals surface area contributed by atoms with Gasteiger partial charge in [-0.15, -0.1) is 0 Å². The number of ketones is 1. The van der Waals surface area contributed by atoms with Crippen molar-refractivity contribution in [3.8, 4) is 0 Å². The minimum atomic E-state index is -1.31. The van der Waals surface area contributed by atoms with Crippen LogP contribution in [-0.4, -0.2) is 50.7 Å². The summed E-state index contributed by atoms with van der Waals surface area (Å²) in [7, 11) is 0. The fourth-order valence-electron chi connectivity index (χ4n) is 6.17. The van der Waals surface area contributed by atoms with Gasteiger partial charge >= 0.3 is 0 Å². The van der Waals surface area contributed by atoms with Crippen LogP contribution in [0.1, 0.15) is 51.9 Å². The van der Waals surface area contributed by atoms with E-state index in [-0.39, 0.29) is 11.7 Å². The summed E-state index contributed by atoms with van der Waals surface area (Å²) in [5.41, 5.74) is -2.87. The van der Waals surface area contributed by atoms with Gasteiger partial charge in [-0.1, -0.05) is 6.92 Å². The Kier molecular flexibility index (Phi) is 2.54. The zero-order valence-corrected chi connectivity index (χ0v) is 12.3. The number of hydrogen-bond donors (Lipinski definition) is 2. The van der Waals surface area contributed by atoms with E-state index in [2.05, 4.69) is 11.8 Å². The summed E-state index contributed by atoms with van der Waals surface area (Å²) in [4.78, 5) is 14.9. The third-order valence-electron chi connectivity index (χ3n) is 6.79. The van der Waals surface area contributed by atoms with Gasteiger partial charge in [0, 0.05) is 6.42 Å². The van der Waals surface area contributed by atoms with Gasteiger partial charge in [0.1, 0.15) is 5.60 Å². The van der Waals surface area contributed by atoms with Gasteiger partial charge in [0.25, 0.3) is 0 Å². The molecule has 20 heavy (non-hydrogen) atoms. The quantitative estimate of drug-likeness (QED) is 0.697.